The van der Waals surface area contributed by atoms with E-state index in [2.05, 4.69) is 5.32 Å². The second kappa shape index (κ2) is 6.30. The lowest BCUT2D eigenvalue weighted by atomic mass is 9.86. The molecule has 0 radical (unpaired) electrons. The van der Waals surface area contributed by atoms with Gasteiger partial charge >= 0.3 is 0 Å². The number of hydrogen-bond donors (Lipinski definition) is 1. The van der Waals surface area contributed by atoms with Crippen molar-refractivity contribution in [2.45, 2.75) is 31.8 Å². The molecule has 2 amide bonds. The van der Waals surface area contributed by atoms with E-state index in [-0.39, 0.29) is 31.4 Å². The van der Waals surface area contributed by atoms with Crippen molar-refractivity contribution in [1.29, 1.82) is 0 Å². The Morgan fingerprint density at radius 3 is 2.28 bits per heavy atom. The lowest BCUT2D eigenvalue weighted by Gasteiger charge is -2.49. The molecule has 150 valence electrons. The average Bonchev–Trinajstić information content (AvgIpc) is 3.33. The van der Waals surface area contributed by atoms with Crippen molar-refractivity contribution in [3.63, 3.8) is 0 Å². The molecule has 3 heterocycles. The number of carbonyl (C=O) groups is 2. The lowest BCUT2D eigenvalue weighted by Crippen LogP contribution is -2.62. The number of nitrogens with zero attached hydrogens (tertiary/aromatic N) is 1. The number of likely N-dealkylation sites (tertiary alicyclic amines) is 1. The smallest absolute Gasteiger partial charge is 0.249 e. The molecule has 2 aromatic carbocycles. The Hall–Kier alpha value is -3.42. The van der Waals surface area contributed by atoms with Gasteiger partial charge in [-0.25, -0.2) is 0 Å². The number of carbonyl (C=O) groups excluding carboxylic acids is 2. The fourth-order valence-corrected chi connectivity index (χ4v) is 3.87. The van der Waals surface area contributed by atoms with E-state index in [0.29, 0.717) is 35.1 Å². The van der Waals surface area contributed by atoms with Gasteiger partial charge in [0, 0.05) is 11.8 Å². The zero-order valence-electron chi connectivity index (χ0n) is 16.1. The summed E-state index contributed by atoms with van der Waals surface area (Å²) in [6.07, 6.45) is 0.348. The third kappa shape index (κ3) is 2.83. The summed E-state index contributed by atoms with van der Waals surface area (Å²) in [4.78, 5) is 27.1. The number of amides is 2. The predicted molar refractivity (Wildman–Crippen MR) is 102 cm³/mol. The van der Waals surface area contributed by atoms with Crippen LogP contribution in [-0.4, -0.2) is 35.8 Å². The van der Waals surface area contributed by atoms with E-state index in [1.165, 1.54) is 0 Å². The van der Waals surface area contributed by atoms with E-state index >= 15 is 0 Å². The standard InChI is InChI=1S/C21H20N2O6/c1-21(2,20(25)22-13-4-6-16-18(8-13)29-11-27-16)23-14(9-19(23)24)12-3-5-15-17(7-12)28-10-26-15/h3-8,14H,9-11H2,1-2H3,(H,22,25). The van der Waals surface area contributed by atoms with Crippen LogP contribution in [0.3, 0.4) is 0 Å². The summed E-state index contributed by atoms with van der Waals surface area (Å²) in [7, 11) is 0. The number of β-lactam (4-membered cyclic amide) rings is 1. The van der Waals surface area contributed by atoms with Crippen LogP contribution in [0.5, 0.6) is 23.0 Å². The Morgan fingerprint density at radius 1 is 0.966 bits per heavy atom. The Balaban J connectivity index is 1.36. The second-order valence-electron chi connectivity index (χ2n) is 7.68. The number of benzene rings is 2. The molecule has 2 aromatic rings. The third-order valence-corrected chi connectivity index (χ3v) is 5.52. The summed E-state index contributed by atoms with van der Waals surface area (Å²) in [5.41, 5.74) is 0.449. The van der Waals surface area contributed by atoms with Crippen molar-refractivity contribution in [3.8, 4) is 23.0 Å². The molecule has 0 aromatic heterocycles. The summed E-state index contributed by atoms with van der Waals surface area (Å²) < 4.78 is 21.4. The first-order valence-corrected chi connectivity index (χ1v) is 9.36. The normalized spacial score (nSPS) is 19.2. The summed E-state index contributed by atoms with van der Waals surface area (Å²) >= 11 is 0. The molecular weight excluding hydrogens is 376 g/mol. The first-order valence-electron chi connectivity index (χ1n) is 9.36. The number of hydrogen-bond acceptors (Lipinski definition) is 6. The molecule has 5 rings (SSSR count). The molecule has 3 aliphatic heterocycles. The van der Waals surface area contributed by atoms with E-state index in [9.17, 15) is 9.59 Å². The minimum Gasteiger partial charge on any atom is -0.454 e. The summed E-state index contributed by atoms with van der Waals surface area (Å²) in [6.45, 7) is 3.84. The molecule has 29 heavy (non-hydrogen) atoms. The van der Waals surface area contributed by atoms with E-state index in [4.69, 9.17) is 18.9 Å². The van der Waals surface area contributed by atoms with Gasteiger partial charge in [-0.1, -0.05) is 6.07 Å². The van der Waals surface area contributed by atoms with Gasteiger partial charge in [0.2, 0.25) is 25.4 Å². The van der Waals surface area contributed by atoms with Crippen LogP contribution in [0, 0.1) is 0 Å². The van der Waals surface area contributed by atoms with Gasteiger partial charge in [0.05, 0.1) is 12.5 Å². The van der Waals surface area contributed by atoms with Gasteiger partial charge in [-0.15, -0.1) is 0 Å². The molecule has 3 aliphatic rings. The van der Waals surface area contributed by atoms with Gasteiger partial charge in [0.1, 0.15) is 5.54 Å². The Labute approximate surface area is 167 Å². The largest absolute Gasteiger partial charge is 0.454 e. The fraction of sp³-hybridized carbons (Fsp3) is 0.333. The van der Waals surface area contributed by atoms with E-state index in [0.717, 1.165) is 5.56 Å². The highest BCUT2D eigenvalue weighted by Gasteiger charge is 2.49. The minimum absolute atomic E-state index is 0.0708. The molecular formula is C21H20N2O6. The average molecular weight is 396 g/mol. The van der Waals surface area contributed by atoms with Crippen molar-refractivity contribution < 1.29 is 28.5 Å². The summed E-state index contributed by atoms with van der Waals surface area (Å²) in [5.74, 6) is 2.21. The Kier molecular flexibility index (Phi) is 3.84. The maximum Gasteiger partial charge on any atom is 0.249 e. The fourth-order valence-electron chi connectivity index (χ4n) is 3.87. The van der Waals surface area contributed by atoms with Gasteiger partial charge in [-0.05, 0) is 43.7 Å². The van der Waals surface area contributed by atoms with Crippen LogP contribution < -0.4 is 24.3 Å². The molecule has 0 bridgehead atoms. The monoisotopic (exact) mass is 396 g/mol. The number of anilines is 1. The van der Waals surface area contributed by atoms with Crippen LogP contribution in [0.25, 0.3) is 0 Å². The van der Waals surface area contributed by atoms with E-state index in [1.54, 1.807) is 36.9 Å². The van der Waals surface area contributed by atoms with Crippen molar-refractivity contribution in [2.24, 2.45) is 0 Å². The van der Waals surface area contributed by atoms with Crippen LogP contribution in [-0.2, 0) is 9.59 Å². The highest BCUT2D eigenvalue weighted by molar-refractivity contribution is 6.01. The number of rotatable bonds is 4. The van der Waals surface area contributed by atoms with Gasteiger partial charge < -0.3 is 29.2 Å². The molecule has 8 nitrogen and oxygen atoms in total. The van der Waals surface area contributed by atoms with Crippen LogP contribution in [0.2, 0.25) is 0 Å². The minimum atomic E-state index is -1.05. The van der Waals surface area contributed by atoms with Crippen LogP contribution in [0.1, 0.15) is 31.9 Å². The lowest BCUT2D eigenvalue weighted by molar-refractivity contribution is -0.160. The van der Waals surface area contributed by atoms with Crippen molar-refractivity contribution in [1.82, 2.24) is 4.90 Å². The van der Waals surface area contributed by atoms with Crippen LogP contribution in [0.4, 0.5) is 5.69 Å². The van der Waals surface area contributed by atoms with Crippen molar-refractivity contribution >= 4 is 17.5 Å². The molecule has 1 unspecified atom stereocenters. The van der Waals surface area contributed by atoms with Gasteiger partial charge in [-0.2, -0.15) is 0 Å². The Morgan fingerprint density at radius 2 is 1.59 bits per heavy atom. The quantitative estimate of drug-likeness (QED) is 0.800. The SMILES string of the molecule is CC(C)(C(=O)Nc1ccc2c(c1)OCO2)N1C(=O)CC1c1ccc2c(c1)OCO2. The second-order valence-corrected chi connectivity index (χ2v) is 7.68. The highest BCUT2D eigenvalue weighted by Crippen LogP contribution is 2.44. The number of ether oxygens (including phenoxy) is 4. The van der Waals surface area contributed by atoms with Crippen molar-refractivity contribution in [3.05, 3.63) is 42.0 Å². The van der Waals surface area contributed by atoms with Gasteiger partial charge in [0.15, 0.2) is 23.0 Å². The van der Waals surface area contributed by atoms with Gasteiger partial charge in [0.25, 0.3) is 0 Å². The van der Waals surface area contributed by atoms with E-state index in [1.807, 2.05) is 18.2 Å². The molecule has 8 heteroatoms. The molecule has 0 aliphatic carbocycles. The van der Waals surface area contributed by atoms with Crippen LogP contribution in [0.15, 0.2) is 36.4 Å². The summed E-state index contributed by atoms with van der Waals surface area (Å²) in [5, 5.41) is 2.88. The molecule has 1 saturated heterocycles. The van der Waals surface area contributed by atoms with Crippen molar-refractivity contribution in [2.75, 3.05) is 18.9 Å². The molecule has 1 fully saturated rings. The molecule has 1 atom stereocenters. The third-order valence-electron chi connectivity index (χ3n) is 5.52. The maximum atomic E-state index is 13.1. The van der Waals surface area contributed by atoms with E-state index < -0.39 is 5.54 Å². The zero-order chi connectivity index (χ0) is 20.2. The number of fused-ring (bicyclic) bond motifs is 2. The summed E-state index contributed by atoms with van der Waals surface area (Å²) in [6, 6.07) is 10.6. The molecule has 0 saturated carbocycles. The topological polar surface area (TPSA) is 86.3 Å². The zero-order valence-corrected chi connectivity index (χ0v) is 16.1. The maximum absolute atomic E-state index is 13.1. The Bertz CT molecular complexity index is 1020. The van der Waals surface area contributed by atoms with Crippen LogP contribution >= 0.6 is 0 Å². The first kappa shape index (κ1) is 17.7. The molecule has 0 spiro atoms. The highest BCUT2D eigenvalue weighted by atomic mass is 16.7. The molecule has 1 N–H and O–H groups in total. The van der Waals surface area contributed by atoms with Gasteiger partial charge in [-0.3, -0.25) is 9.59 Å². The first-order chi connectivity index (χ1) is 13.9. The predicted octanol–water partition coefficient (Wildman–Crippen LogP) is 2.83. The number of nitrogens with one attached hydrogen (secondary N) is 1.